The SMILES string of the molecule is CCN(Cc1ccco1)c1cc(Br)cc(C(=O)O)c1. The van der Waals surface area contributed by atoms with Crippen LogP contribution in [0.15, 0.2) is 45.5 Å². The quantitative estimate of drug-likeness (QED) is 0.910. The molecule has 100 valence electrons. The van der Waals surface area contributed by atoms with Crippen molar-refractivity contribution in [2.24, 2.45) is 0 Å². The number of carbonyl (C=O) groups is 1. The number of carboxylic acids is 1. The molecular formula is C14H14BrNO3. The summed E-state index contributed by atoms with van der Waals surface area (Å²) >= 11 is 3.34. The van der Waals surface area contributed by atoms with E-state index in [4.69, 9.17) is 9.52 Å². The minimum atomic E-state index is -0.934. The van der Waals surface area contributed by atoms with Crippen molar-refractivity contribution in [3.8, 4) is 0 Å². The normalized spacial score (nSPS) is 10.4. The minimum Gasteiger partial charge on any atom is -0.478 e. The van der Waals surface area contributed by atoms with Gasteiger partial charge in [-0.2, -0.15) is 0 Å². The molecule has 1 aromatic carbocycles. The fourth-order valence-electron chi connectivity index (χ4n) is 1.86. The Morgan fingerprint density at radius 2 is 2.21 bits per heavy atom. The van der Waals surface area contributed by atoms with Crippen LogP contribution in [0.3, 0.4) is 0 Å². The highest BCUT2D eigenvalue weighted by Crippen LogP contribution is 2.24. The van der Waals surface area contributed by atoms with Crippen LogP contribution in [0, 0.1) is 0 Å². The predicted octanol–water partition coefficient (Wildman–Crippen LogP) is 3.77. The van der Waals surface area contributed by atoms with E-state index in [0.29, 0.717) is 6.54 Å². The zero-order valence-corrected chi connectivity index (χ0v) is 12.1. The zero-order chi connectivity index (χ0) is 13.8. The number of carboxylic acid groups (broad SMARTS) is 1. The van der Waals surface area contributed by atoms with Gasteiger partial charge in [0.25, 0.3) is 0 Å². The van der Waals surface area contributed by atoms with E-state index in [1.807, 2.05) is 25.1 Å². The van der Waals surface area contributed by atoms with E-state index in [1.54, 1.807) is 18.4 Å². The lowest BCUT2D eigenvalue weighted by Crippen LogP contribution is -2.22. The average molecular weight is 324 g/mol. The molecule has 19 heavy (non-hydrogen) atoms. The zero-order valence-electron chi connectivity index (χ0n) is 10.5. The van der Waals surface area contributed by atoms with E-state index < -0.39 is 5.97 Å². The highest BCUT2D eigenvalue weighted by atomic mass is 79.9. The van der Waals surface area contributed by atoms with Crippen molar-refractivity contribution in [1.29, 1.82) is 0 Å². The molecule has 0 amide bonds. The second kappa shape index (κ2) is 5.93. The highest BCUT2D eigenvalue weighted by molar-refractivity contribution is 9.10. The Kier molecular flexibility index (Phi) is 4.27. The molecule has 0 fully saturated rings. The van der Waals surface area contributed by atoms with Crippen molar-refractivity contribution in [3.05, 3.63) is 52.4 Å². The van der Waals surface area contributed by atoms with E-state index in [1.165, 1.54) is 0 Å². The molecule has 0 bridgehead atoms. The minimum absolute atomic E-state index is 0.266. The van der Waals surface area contributed by atoms with Gasteiger partial charge in [0.15, 0.2) is 0 Å². The summed E-state index contributed by atoms with van der Waals surface area (Å²) in [5, 5.41) is 9.09. The second-order valence-electron chi connectivity index (χ2n) is 4.10. The van der Waals surface area contributed by atoms with Crippen LogP contribution in [0.5, 0.6) is 0 Å². The van der Waals surface area contributed by atoms with Gasteiger partial charge in [-0.05, 0) is 37.3 Å². The first-order valence-corrected chi connectivity index (χ1v) is 6.70. The van der Waals surface area contributed by atoms with Crippen molar-refractivity contribution in [1.82, 2.24) is 0 Å². The number of hydrogen-bond donors (Lipinski definition) is 1. The largest absolute Gasteiger partial charge is 0.478 e. The fraction of sp³-hybridized carbons (Fsp3) is 0.214. The molecule has 1 N–H and O–H groups in total. The summed E-state index contributed by atoms with van der Waals surface area (Å²) in [5.41, 5.74) is 1.12. The number of rotatable bonds is 5. The Labute approximate surface area is 119 Å². The maximum atomic E-state index is 11.1. The van der Waals surface area contributed by atoms with Crippen LogP contribution in [0.2, 0.25) is 0 Å². The molecule has 0 unspecified atom stereocenters. The fourth-order valence-corrected chi connectivity index (χ4v) is 2.34. The number of anilines is 1. The molecule has 4 nitrogen and oxygen atoms in total. The van der Waals surface area contributed by atoms with Gasteiger partial charge in [0.05, 0.1) is 18.4 Å². The van der Waals surface area contributed by atoms with E-state index in [9.17, 15) is 4.79 Å². The molecule has 0 spiro atoms. The summed E-state index contributed by atoms with van der Waals surface area (Å²) in [4.78, 5) is 13.1. The molecule has 2 aromatic rings. The molecule has 5 heteroatoms. The third-order valence-electron chi connectivity index (χ3n) is 2.80. The van der Waals surface area contributed by atoms with Gasteiger partial charge in [0, 0.05) is 16.7 Å². The van der Waals surface area contributed by atoms with Crippen LogP contribution in [-0.4, -0.2) is 17.6 Å². The molecule has 1 aromatic heterocycles. The van der Waals surface area contributed by atoms with Gasteiger partial charge in [0.2, 0.25) is 0 Å². The van der Waals surface area contributed by atoms with Crippen molar-refractivity contribution >= 4 is 27.6 Å². The molecule has 0 saturated carbocycles. The summed E-state index contributed by atoms with van der Waals surface area (Å²) < 4.78 is 6.08. The van der Waals surface area contributed by atoms with Gasteiger partial charge in [-0.1, -0.05) is 15.9 Å². The highest BCUT2D eigenvalue weighted by Gasteiger charge is 2.12. The predicted molar refractivity (Wildman–Crippen MR) is 76.5 cm³/mol. The number of halogens is 1. The van der Waals surface area contributed by atoms with Crippen molar-refractivity contribution in [3.63, 3.8) is 0 Å². The Balaban J connectivity index is 2.29. The van der Waals surface area contributed by atoms with Crippen LogP contribution in [0.4, 0.5) is 5.69 Å². The number of aromatic carboxylic acids is 1. The van der Waals surface area contributed by atoms with Crippen LogP contribution >= 0.6 is 15.9 Å². The van der Waals surface area contributed by atoms with Gasteiger partial charge in [0.1, 0.15) is 5.76 Å². The number of furan rings is 1. The Hall–Kier alpha value is -1.75. The van der Waals surface area contributed by atoms with Gasteiger partial charge in [-0.15, -0.1) is 0 Å². The second-order valence-corrected chi connectivity index (χ2v) is 5.01. The summed E-state index contributed by atoms with van der Waals surface area (Å²) in [6.07, 6.45) is 1.63. The monoisotopic (exact) mass is 323 g/mol. The molecular weight excluding hydrogens is 310 g/mol. The van der Waals surface area contributed by atoms with E-state index in [2.05, 4.69) is 20.8 Å². The van der Waals surface area contributed by atoms with Crippen LogP contribution in [0.25, 0.3) is 0 Å². The van der Waals surface area contributed by atoms with E-state index in [0.717, 1.165) is 22.5 Å². The molecule has 0 radical (unpaired) electrons. The lowest BCUT2D eigenvalue weighted by molar-refractivity contribution is 0.0697. The number of hydrogen-bond acceptors (Lipinski definition) is 3. The van der Waals surface area contributed by atoms with Crippen molar-refractivity contribution in [2.75, 3.05) is 11.4 Å². The molecule has 0 aliphatic carbocycles. The molecule has 1 heterocycles. The first-order chi connectivity index (χ1) is 9.10. The molecule has 0 atom stereocenters. The molecule has 0 saturated heterocycles. The third kappa shape index (κ3) is 3.38. The Morgan fingerprint density at radius 3 is 2.79 bits per heavy atom. The van der Waals surface area contributed by atoms with Gasteiger partial charge in [-0.3, -0.25) is 0 Å². The maximum absolute atomic E-state index is 11.1. The first kappa shape index (κ1) is 13.7. The maximum Gasteiger partial charge on any atom is 0.335 e. The lowest BCUT2D eigenvalue weighted by Gasteiger charge is -2.22. The summed E-state index contributed by atoms with van der Waals surface area (Å²) in [5.74, 6) is -0.0877. The number of nitrogens with zero attached hydrogens (tertiary/aromatic N) is 1. The van der Waals surface area contributed by atoms with Gasteiger partial charge in [-0.25, -0.2) is 4.79 Å². The lowest BCUT2D eigenvalue weighted by atomic mass is 10.2. The van der Waals surface area contributed by atoms with Crippen LogP contribution in [0.1, 0.15) is 23.0 Å². The van der Waals surface area contributed by atoms with Crippen LogP contribution < -0.4 is 4.90 Å². The third-order valence-corrected chi connectivity index (χ3v) is 3.26. The first-order valence-electron chi connectivity index (χ1n) is 5.91. The summed E-state index contributed by atoms with van der Waals surface area (Å²) in [7, 11) is 0. The molecule has 0 aliphatic heterocycles. The molecule has 2 rings (SSSR count). The average Bonchev–Trinajstić information content (AvgIpc) is 2.88. The standard InChI is InChI=1S/C14H14BrNO3/c1-2-16(9-13-4-3-5-19-13)12-7-10(14(17)18)6-11(15)8-12/h3-8H,2,9H2,1H3,(H,17,18). The van der Waals surface area contributed by atoms with Gasteiger partial charge < -0.3 is 14.4 Å². The molecule has 0 aliphatic rings. The summed E-state index contributed by atoms with van der Waals surface area (Å²) in [6.45, 7) is 3.39. The smallest absolute Gasteiger partial charge is 0.335 e. The van der Waals surface area contributed by atoms with E-state index >= 15 is 0 Å². The topological polar surface area (TPSA) is 53.7 Å². The van der Waals surface area contributed by atoms with Crippen molar-refractivity contribution in [2.45, 2.75) is 13.5 Å². The van der Waals surface area contributed by atoms with Gasteiger partial charge >= 0.3 is 5.97 Å². The van der Waals surface area contributed by atoms with Crippen LogP contribution in [-0.2, 0) is 6.54 Å². The summed E-state index contributed by atoms with van der Waals surface area (Å²) in [6, 6.07) is 8.90. The van der Waals surface area contributed by atoms with E-state index in [-0.39, 0.29) is 5.56 Å². The Morgan fingerprint density at radius 1 is 1.42 bits per heavy atom. The van der Waals surface area contributed by atoms with Crippen molar-refractivity contribution < 1.29 is 14.3 Å². The Bertz CT molecular complexity index is 566. The number of benzene rings is 1.